The molecular weight excluding hydrogens is 362 g/mol. The molecule has 6 nitrogen and oxygen atoms in total. The Morgan fingerprint density at radius 1 is 1.15 bits per heavy atom. The fraction of sp³-hybridized carbons (Fsp3) is 0.300. The van der Waals surface area contributed by atoms with Crippen molar-refractivity contribution < 1.29 is 13.2 Å². The number of hydrogen-bond acceptors (Lipinski definition) is 4. The Labute approximate surface area is 160 Å². The van der Waals surface area contributed by atoms with Crippen LogP contribution in [0.1, 0.15) is 41.8 Å². The number of nitrogens with zero attached hydrogens (tertiary/aromatic N) is 2. The minimum Gasteiger partial charge on any atom is -0.328 e. The fourth-order valence-electron chi connectivity index (χ4n) is 3.12. The molecule has 0 saturated carbocycles. The largest absolute Gasteiger partial charge is 0.328 e. The second-order valence-corrected chi connectivity index (χ2v) is 8.22. The van der Waals surface area contributed by atoms with Crippen LogP contribution in [-0.4, -0.2) is 26.7 Å². The molecule has 1 aliphatic heterocycles. The Morgan fingerprint density at radius 3 is 2.59 bits per heavy atom. The molecule has 1 aliphatic rings. The van der Waals surface area contributed by atoms with E-state index >= 15 is 0 Å². The predicted molar refractivity (Wildman–Crippen MR) is 108 cm³/mol. The van der Waals surface area contributed by atoms with E-state index in [1.165, 1.54) is 6.07 Å². The predicted octanol–water partition coefficient (Wildman–Crippen LogP) is 3.89. The number of sulfonamides is 1. The van der Waals surface area contributed by atoms with Gasteiger partial charge in [-0.25, -0.2) is 0 Å². The molecule has 3 rings (SSSR count). The first kappa shape index (κ1) is 19.1. The number of benzene rings is 2. The molecular formula is C20H23N3O3S. The molecule has 0 bridgehead atoms. The van der Waals surface area contributed by atoms with E-state index in [9.17, 15) is 13.2 Å². The van der Waals surface area contributed by atoms with Crippen molar-refractivity contribution in [1.29, 1.82) is 0 Å². The summed E-state index contributed by atoms with van der Waals surface area (Å²) in [5.74, 6) is 0.0898. The molecule has 7 heteroatoms. The third-order valence-electron chi connectivity index (χ3n) is 4.73. The molecule has 2 aromatic rings. The van der Waals surface area contributed by atoms with Crippen LogP contribution in [0.5, 0.6) is 0 Å². The van der Waals surface area contributed by atoms with Gasteiger partial charge in [-0.05, 0) is 62.6 Å². The molecule has 2 aromatic carbocycles. The lowest BCUT2D eigenvalue weighted by atomic mass is 10.1. The first-order chi connectivity index (χ1) is 12.7. The summed E-state index contributed by atoms with van der Waals surface area (Å²) in [5, 5.41) is 2.86. The normalized spacial score (nSPS) is 15.1. The van der Waals surface area contributed by atoms with Gasteiger partial charge in [-0.2, -0.15) is 8.42 Å². The van der Waals surface area contributed by atoms with Crippen LogP contribution in [0.25, 0.3) is 0 Å². The summed E-state index contributed by atoms with van der Waals surface area (Å²) in [6, 6.07) is 10.4. The number of fused-ring (bicyclic) bond motifs is 1. The fourth-order valence-corrected chi connectivity index (χ4v) is 4.38. The molecule has 1 N–H and O–H groups in total. The second kappa shape index (κ2) is 7.15. The number of amides is 1. The third-order valence-corrected chi connectivity index (χ3v) is 6.12. The molecule has 1 heterocycles. The van der Waals surface area contributed by atoms with E-state index in [2.05, 4.69) is 9.71 Å². The standard InChI is InChI=1S/C20H23N3O3S/c1-5-11-23-15(4)22-27(25,26)19-12-16(9-10-18(19)23)20(24)21-17-8-6-7-13(2)14(17)3/h6-10,12H,5,11H2,1-4H3,(H,21,24). The highest BCUT2D eigenvalue weighted by atomic mass is 32.2. The molecule has 0 aliphatic carbocycles. The number of nitrogens with one attached hydrogen (secondary N) is 1. The Kier molecular flexibility index (Phi) is 5.06. The molecule has 0 spiro atoms. The van der Waals surface area contributed by atoms with E-state index in [0.29, 0.717) is 23.8 Å². The van der Waals surface area contributed by atoms with E-state index < -0.39 is 10.0 Å². The summed E-state index contributed by atoms with van der Waals surface area (Å²) in [6.45, 7) is 8.26. The minimum atomic E-state index is -3.82. The maximum atomic E-state index is 12.7. The number of aryl methyl sites for hydroxylation is 1. The zero-order valence-electron chi connectivity index (χ0n) is 15.9. The number of rotatable bonds is 4. The van der Waals surface area contributed by atoms with Gasteiger partial charge >= 0.3 is 0 Å². The van der Waals surface area contributed by atoms with E-state index in [-0.39, 0.29) is 16.4 Å². The summed E-state index contributed by atoms with van der Waals surface area (Å²) in [5.41, 5.74) is 3.60. The molecule has 0 unspecified atom stereocenters. The number of anilines is 2. The molecule has 0 atom stereocenters. The maximum absolute atomic E-state index is 12.7. The van der Waals surface area contributed by atoms with E-state index in [1.54, 1.807) is 19.1 Å². The summed E-state index contributed by atoms with van der Waals surface area (Å²) in [6.07, 6.45) is 0.848. The van der Waals surface area contributed by atoms with Gasteiger partial charge in [0.15, 0.2) is 0 Å². The van der Waals surface area contributed by atoms with Crippen LogP contribution in [0, 0.1) is 13.8 Å². The zero-order chi connectivity index (χ0) is 19.8. The van der Waals surface area contributed by atoms with Crippen molar-refractivity contribution in [2.24, 2.45) is 4.40 Å². The van der Waals surface area contributed by atoms with Gasteiger partial charge < -0.3 is 10.2 Å². The van der Waals surface area contributed by atoms with E-state index in [1.807, 2.05) is 43.9 Å². The van der Waals surface area contributed by atoms with Crippen LogP contribution in [0.3, 0.4) is 0 Å². The quantitative estimate of drug-likeness (QED) is 0.866. The Morgan fingerprint density at radius 2 is 1.89 bits per heavy atom. The average Bonchev–Trinajstić information content (AvgIpc) is 2.61. The molecule has 0 saturated heterocycles. The molecule has 1 amide bonds. The zero-order valence-corrected chi connectivity index (χ0v) is 16.7. The minimum absolute atomic E-state index is 0.0650. The molecule has 27 heavy (non-hydrogen) atoms. The van der Waals surface area contributed by atoms with Crippen molar-refractivity contribution in [2.75, 3.05) is 16.8 Å². The van der Waals surface area contributed by atoms with Crippen LogP contribution in [0.2, 0.25) is 0 Å². The smallest absolute Gasteiger partial charge is 0.286 e. The molecule has 142 valence electrons. The SMILES string of the molecule is CCCN1C(C)=NS(=O)(=O)c2cc(C(=O)Nc3cccc(C)c3C)ccc21. The van der Waals surface area contributed by atoms with Gasteiger partial charge in [0, 0.05) is 17.8 Å². The molecule has 0 fully saturated rings. The van der Waals surface area contributed by atoms with Crippen LogP contribution in [0.4, 0.5) is 11.4 Å². The van der Waals surface area contributed by atoms with Crippen molar-refractivity contribution in [1.82, 2.24) is 0 Å². The van der Waals surface area contributed by atoms with Gasteiger partial charge in [0.25, 0.3) is 15.9 Å². The Balaban J connectivity index is 1.99. The highest BCUT2D eigenvalue weighted by Gasteiger charge is 2.29. The Bertz CT molecular complexity index is 1040. The maximum Gasteiger partial charge on any atom is 0.286 e. The van der Waals surface area contributed by atoms with Crippen LogP contribution >= 0.6 is 0 Å². The van der Waals surface area contributed by atoms with Crippen molar-refractivity contribution in [3.05, 3.63) is 53.1 Å². The van der Waals surface area contributed by atoms with Gasteiger partial charge in [0.05, 0.1) is 5.69 Å². The lowest BCUT2D eigenvalue weighted by Gasteiger charge is -2.29. The summed E-state index contributed by atoms with van der Waals surface area (Å²) in [7, 11) is -3.82. The van der Waals surface area contributed by atoms with Crippen molar-refractivity contribution in [3.63, 3.8) is 0 Å². The van der Waals surface area contributed by atoms with Gasteiger partial charge in [-0.15, -0.1) is 4.40 Å². The lowest BCUT2D eigenvalue weighted by Crippen LogP contribution is -2.34. The van der Waals surface area contributed by atoms with Gasteiger partial charge in [0.2, 0.25) is 0 Å². The lowest BCUT2D eigenvalue weighted by molar-refractivity contribution is 0.102. The van der Waals surface area contributed by atoms with Crippen LogP contribution in [-0.2, 0) is 10.0 Å². The first-order valence-electron chi connectivity index (χ1n) is 8.85. The first-order valence-corrected chi connectivity index (χ1v) is 10.3. The summed E-state index contributed by atoms with van der Waals surface area (Å²) >= 11 is 0. The number of carbonyl (C=O) groups is 1. The van der Waals surface area contributed by atoms with Crippen LogP contribution < -0.4 is 10.2 Å². The van der Waals surface area contributed by atoms with Crippen molar-refractivity contribution in [3.8, 4) is 0 Å². The molecule has 0 aromatic heterocycles. The topological polar surface area (TPSA) is 78.8 Å². The van der Waals surface area contributed by atoms with E-state index in [0.717, 1.165) is 17.5 Å². The second-order valence-electron chi connectivity index (χ2n) is 6.65. The van der Waals surface area contributed by atoms with E-state index in [4.69, 9.17) is 0 Å². The monoisotopic (exact) mass is 385 g/mol. The number of hydrogen-bond donors (Lipinski definition) is 1. The summed E-state index contributed by atoms with van der Waals surface area (Å²) < 4.78 is 28.9. The van der Waals surface area contributed by atoms with Gasteiger partial charge in [0.1, 0.15) is 10.7 Å². The van der Waals surface area contributed by atoms with Gasteiger partial charge in [-0.3, -0.25) is 4.79 Å². The molecule has 0 radical (unpaired) electrons. The number of carbonyl (C=O) groups excluding carboxylic acids is 1. The average molecular weight is 385 g/mol. The van der Waals surface area contributed by atoms with Crippen molar-refractivity contribution in [2.45, 2.75) is 39.0 Å². The van der Waals surface area contributed by atoms with Crippen molar-refractivity contribution >= 4 is 33.1 Å². The Hall–Kier alpha value is -2.67. The summed E-state index contributed by atoms with van der Waals surface area (Å²) in [4.78, 5) is 14.6. The number of amidine groups is 1. The highest BCUT2D eigenvalue weighted by molar-refractivity contribution is 7.90. The highest BCUT2D eigenvalue weighted by Crippen LogP contribution is 2.33. The third kappa shape index (κ3) is 3.60. The van der Waals surface area contributed by atoms with Crippen LogP contribution in [0.15, 0.2) is 45.7 Å². The van der Waals surface area contributed by atoms with Gasteiger partial charge in [-0.1, -0.05) is 19.1 Å².